The molecule has 1 N–H and O–H groups in total. The zero-order chi connectivity index (χ0) is 10.8. The molecule has 0 aromatic heterocycles. The molecule has 15 heavy (non-hydrogen) atoms. The van der Waals surface area contributed by atoms with Crippen molar-refractivity contribution in [3.8, 4) is 0 Å². The maximum absolute atomic E-state index is 5.94. The van der Waals surface area contributed by atoms with Crippen LogP contribution in [0, 0.1) is 0 Å². The van der Waals surface area contributed by atoms with Crippen LogP contribution in [0.3, 0.4) is 0 Å². The lowest BCUT2D eigenvalue weighted by molar-refractivity contribution is 0.562. The Morgan fingerprint density at radius 1 is 1.53 bits per heavy atom. The summed E-state index contributed by atoms with van der Waals surface area (Å²) in [6, 6.07) is 6.48. The van der Waals surface area contributed by atoms with E-state index in [2.05, 4.69) is 18.0 Å². The van der Waals surface area contributed by atoms with E-state index < -0.39 is 0 Å². The van der Waals surface area contributed by atoms with Gasteiger partial charge in [-0.05, 0) is 36.1 Å². The van der Waals surface area contributed by atoms with Gasteiger partial charge in [-0.15, -0.1) is 0 Å². The van der Waals surface area contributed by atoms with Crippen LogP contribution in [0.1, 0.15) is 23.6 Å². The van der Waals surface area contributed by atoms with E-state index >= 15 is 0 Å². The van der Waals surface area contributed by atoms with Gasteiger partial charge < -0.3 is 5.32 Å². The predicted octanol–water partition coefficient (Wildman–Crippen LogP) is 3.67. The van der Waals surface area contributed by atoms with Crippen LogP contribution in [0.25, 0.3) is 0 Å². The minimum absolute atomic E-state index is 0.396. The molecule has 0 fully saturated rings. The molecule has 0 saturated heterocycles. The normalized spacial score (nSPS) is 18.9. The first-order valence-corrected chi connectivity index (χ1v) is 5.77. The number of benzene rings is 1. The maximum Gasteiger partial charge on any atom is 0.0408 e. The second-order valence-electron chi connectivity index (χ2n) is 3.83. The van der Waals surface area contributed by atoms with Gasteiger partial charge in [-0.3, -0.25) is 0 Å². The van der Waals surface area contributed by atoms with Crippen LogP contribution in [-0.2, 0) is 6.42 Å². The van der Waals surface area contributed by atoms with Crippen LogP contribution in [0.5, 0.6) is 0 Å². The molecular formula is C12H13Cl2N. The van der Waals surface area contributed by atoms with Crippen LogP contribution in [0.15, 0.2) is 29.8 Å². The number of hydrogen-bond donors (Lipinski definition) is 1. The summed E-state index contributed by atoms with van der Waals surface area (Å²) < 4.78 is 0. The van der Waals surface area contributed by atoms with E-state index in [0.29, 0.717) is 17.6 Å². The van der Waals surface area contributed by atoms with Gasteiger partial charge >= 0.3 is 0 Å². The van der Waals surface area contributed by atoms with Crippen molar-refractivity contribution < 1.29 is 0 Å². The molecule has 1 unspecified atom stereocenters. The number of fused-ring (bicyclic) bond motifs is 1. The van der Waals surface area contributed by atoms with Crippen molar-refractivity contribution in [1.82, 2.24) is 5.32 Å². The lowest BCUT2D eigenvalue weighted by Gasteiger charge is -2.13. The number of halogens is 2. The van der Waals surface area contributed by atoms with Crippen LogP contribution >= 0.6 is 23.2 Å². The minimum Gasteiger partial charge on any atom is -0.305 e. The zero-order valence-corrected chi connectivity index (χ0v) is 9.91. The Balaban J connectivity index is 2.11. The van der Waals surface area contributed by atoms with E-state index in [-0.39, 0.29) is 0 Å². The third-order valence-electron chi connectivity index (χ3n) is 2.72. The third-order valence-corrected chi connectivity index (χ3v) is 3.09. The van der Waals surface area contributed by atoms with Crippen molar-refractivity contribution >= 4 is 23.2 Å². The molecule has 0 radical (unpaired) electrons. The van der Waals surface area contributed by atoms with Crippen molar-refractivity contribution in [3.63, 3.8) is 0 Å². The molecular weight excluding hydrogens is 229 g/mol. The average molecular weight is 242 g/mol. The predicted molar refractivity (Wildman–Crippen MR) is 65.5 cm³/mol. The Bertz CT molecular complexity index is 387. The van der Waals surface area contributed by atoms with Gasteiger partial charge in [0, 0.05) is 22.6 Å². The Morgan fingerprint density at radius 3 is 3.07 bits per heavy atom. The van der Waals surface area contributed by atoms with Crippen molar-refractivity contribution in [2.75, 3.05) is 6.54 Å². The van der Waals surface area contributed by atoms with Crippen molar-refractivity contribution in [1.29, 1.82) is 0 Å². The van der Waals surface area contributed by atoms with Gasteiger partial charge in [0.05, 0.1) is 0 Å². The fourth-order valence-electron chi connectivity index (χ4n) is 2.03. The van der Waals surface area contributed by atoms with Gasteiger partial charge in [0.2, 0.25) is 0 Å². The molecule has 0 aliphatic heterocycles. The number of nitrogens with one attached hydrogen (secondary N) is 1. The molecule has 1 nitrogen and oxygen atoms in total. The molecule has 1 aromatic carbocycles. The van der Waals surface area contributed by atoms with Gasteiger partial charge in [0.15, 0.2) is 0 Å². The molecule has 0 amide bonds. The summed E-state index contributed by atoms with van der Waals surface area (Å²) in [5.74, 6) is 0. The SMILES string of the molecule is C=C(Cl)CNC1CCc2cc(Cl)ccc21. The summed E-state index contributed by atoms with van der Waals surface area (Å²) in [4.78, 5) is 0. The maximum atomic E-state index is 5.94. The first kappa shape index (κ1) is 11.0. The Morgan fingerprint density at radius 2 is 2.33 bits per heavy atom. The topological polar surface area (TPSA) is 12.0 Å². The Labute approximate surface area is 100 Å². The van der Waals surface area contributed by atoms with Gasteiger partial charge in [-0.2, -0.15) is 0 Å². The smallest absolute Gasteiger partial charge is 0.0408 e. The van der Waals surface area contributed by atoms with Crippen molar-refractivity contribution in [3.05, 3.63) is 46.0 Å². The number of rotatable bonds is 3. The van der Waals surface area contributed by atoms with Crippen molar-refractivity contribution in [2.45, 2.75) is 18.9 Å². The largest absolute Gasteiger partial charge is 0.305 e. The Hall–Kier alpha value is -0.500. The van der Waals surface area contributed by atoms with Crippen molar-refractivity contribution in [2.24, 2.45) is 0 Å². The van der Waals surface area contributed by atoms with E-state index in [1.165, 1.54) is 11.1 Å². The quantitative estimate of drug-likeness (QED) is 0.852. The first-order chi connectivity index (χ1) is 7.16. The van der Waals surface area contributed by atoms with Crippen LogP contribution < -0.4 is 5.32 Å². The molecule has 0 spiro atoms. The lowest BCUT2D eigenvalue weighted by atomic mass is 10.1. The molecule has 0 saturated carbocycles. The van der Waals surface area contributed by atoms with Crippen LogP contribution in [0.4, 0.5) is 0 Å². The molecule has 1 aromatic rings. The molecule has 1 atom stereocenters. The average Bonchev–Trinajstić information content (AvgIpc) is 2.57. The van der Waals surface area contributed by atoms with Crippen LogP contribution in [-0.4, -0.2) is 6.54 Å². The van der Waals surface area contributed by atoms with Gasteiger partial charge in [0.25, 0.3) is 0 Å². The number of hydrogen-bond acceptors (Lipinski definition) is 1. The fraction of sp³-hybridized carbons (Fsp3) is 0.333. The highest BCUT2D eigenvalue weighted by molar-refractivity contribution is 6.30. The zero-order valence-electron chi connectivity index (χ0n) is 8.39. The molecule has 0 bridgehead atoms. The second kappa shape index (κ2) is 4.56. The Kier molecular flexibility index (Phi) is 3.35. The highest BCUT2D eigenvalue weighted by Gasteiger charge is 2.21. The van der Waals surface area contributed by atoms with E-state index in [4.69, 9.17) is 23.2 Å². The highest BCUT2D eigenvalue weighted by atomic mass is 35.5. The van der Waals surface area contributed by atoms with Crippen LogP contribution in [0.2, 0.25) is 5.02 Å². The standard InChI is InChI=1S/C12H13Cl2N/c1-8(13)7-15-12-5-2-9-6-10(14)3-4-11(9)12/h3-4,6,12,15H,1-2,5,7H2. The molecule has 1 aliphatic rings. The lowest BCUT2D eigenvalue weighted by Crippen LogP contribution is -2.20. The molecule has 2 rings (SSSR count). The highest BCUT2D eigenvalue weighted by Crippen LogP contribution is 2.32. The molecule has 80 valence electrons. The van der Waals surface area contributed by atoms with E-state index in [1.54, 1.807) is 0 Å². The van der Waals surface area contributed by atoms with E-state index in [1.807, 2.05) is 12.1 Å². The van der Waals surface area contributed by atoms with E-state index in [0.717, 1.165) is 17.9 Å². The number of aryl methyl sites for hydroxylation is 1. The molecule has 0 heterocycles. The monoisotopic (exact) mass is 241 g/mol. The third kappa shape index (κ3) is 2.54. The summed E-state index contributed by atoms with van der Waals surface area (Å²) in [5.41, 5.74) is 2.69. The summed E-state index contributed by atoms with van der Waals surface area (Å²) in [6.45, 7) is 4.33. The molecule has 3 heteroatoms. The summed E-state index contributed by atoms with van der Waals surface area (Å²) >= 11 is 11.7. The van der Waals surface area contributed by atoms with Gasteiger partial charge in [0.1, 0.15) is 0 Å². The van der Waals surface area contributed by atoms with E-state index in [9.17, 15) is 0 Å². The van der Waals surface area contributed by atoms with Gasteiger partial charge in [-0.25, -0.2) is 0 Å². The first-order valence-electron chi connectivity index (χ1n) is 5.02. The minimum atomic E-state index is 0.396. The second-order valence-corrected chi connectivity index (χ2v) is 4.80. The summed E-state index contributed by atoms with van der Waals surface area (Å²) in [6.07, 6.45) is 2.20. The fourth-order valence-corrected chi connectivity index (χ4v) is 2.30. The summed E-state index contributed by atoms with van der Waals surface area (Å²) in [7, 11) is 0. The molecule has 1 aliphatic carbocycles. The van der Waals surface area contributed by atoms with Gasteiger partial charge in [-0.1, -0.05) is 35.8 Å². The summed E-state index contributed by atoms with van der Waals surface area (Å²) in [5, 5.41) is 4.85.